The van der Waals surface area contributed by atoms with Crippen LogP contribution in [0.1, 0.15) is 25.0 Å². The molecule has 0 aromatic heterocycles. The Hall–Kier alpha value is -0.610. The summed E-state index contributed by atoms with van der Waals surface area (Å²) in [5.74, 6) is 0. The van der Waals surface area contributed by atoms with E-state index in [4.69, 9.17) is 16.7 Å². The van der Waals surface area contributed by atoms with Gasteiger partial charge in [0.25, 0.3) is 0 Å². The Labute approximate surface area is 108 Å². The minimum absolute atomic E-state index is 0.106. The van der Waals surface area contributed by atoms with E-state index in [1.165, 1.54) is 0 Å². The number of rotatable bonds is 7. The Bertz CT molecular complexity index is 327. The molecule has 0 radical (unpaired) electrons. The fraction of sp³-hybridized carbons (Fsp3) is 0.538. The summed E-state index contributed by atoms with van der Waals surface area (Å²) >= 11 is 6.03. The normalized spacial score (nSPS) is 13.0. The summed E-state index contributed by atoms with van der Waals surface area (Å²) < 4.78 is 0. The van der Waals surface area contributed by atoms with Gasteiger partial charge in [0.1, 0.15) is 0 Å². The van der Waals surface area contributed by atoms with Crippen LogP contribution in [0.3, 0.4) is 0 Å². The molecule has 0 aliphatic carbocycles. The number of halogens is 1. The van der Waals surface area contributed by atoms with Gasteiger partial charge in [0.2, 0.25) is 0 Å². The molecule has 0 saturated heterocycles. The third kappa shape index (κ3) is 4.64. The fourth-order valence-electron chi connectivity index (χ4n) is 1.84. The van der Waals surface area contributed by atoms with E-state index in [9.17, 15) is 5.11 Å². The van der Waals surface area contributed by atoms with Crippen LogP contribution in [0.15, 0.2) is 24.3 Å². The summed E-state index contributed by atoms with van der Waals surface area (Å²) in [5.41, 5.74) is 0.744. The van der Waals surface area contributed by atoms with Gasteiger partial charge in [-0.25, -0.2) is 0 Å². The number of benzene rings is 1. The molecular weight excluding hydrogens is 238 g/mol. The molecule has 2 N–H and O–H groups in total. The fourth-order valence-corrected chi connectivity index (χ4v) is 2.10. The molecule has 17 heavy (non-hydrogen) atoms. The van der Waals surface area contributed by atoms with Crippen molar-refractivity contribution in [1.29, 1.82) is 0 Å². The third-order valence-corrected chi connectivity index (χ3v) is 3.00. The second kappa shape index (κ2) is 7.67. The van der Waals surface area contributed by atoms with E-state index in [2.05, 4.69) is 6.92 Å². The van der Waals surface area contributed by atoms with Crippen LogP contribution >= 0.6 is 11.6 Å². The van der Waals surface area contributed by atoms with Gasteiger partial charge in [0.15, 0.2) is 0 Å². The van der Waals surface area contributed by atoms with Crippen molar-refractivity contribution in [3.8, 4) is 0 Å². The van der Waals surface area contributed by atoms with Gasteiger partial charge in [-0.1, -0.05) is 36.7 Å². The molecule has 0 fully saturated rings. The van der Waals surface area contributed by atoms with Crippen molar-refractivity contribution in [2.75, 3.05) is 26.2 Å². The van der Waals surface area contributed by atoms with Crippen LogP contribution in [-0.2, 0) is 0 Å². The maximum absolute atomic E-state index is 10.1. The highest BCUT2D eigenvalue weighted by atomic mass is 35.5. The molecule has 1 aromatic carbocycles. The van der Waals surface area contributed by atoms with Crippen molar-refractivity contribution in [3.05, 3.63) is 34.9 Å². The predicted molar refractivity (Wildman–Crippen MR) is 70.2 cm³/mol. The SMILES string of the molecule is CCCN(CCO)CC(O)c1ccccc1Cl. The van der Waals surface area contributed by atoms with E-state index in [1.54, 1.807) is 6.07 Å². The van der Waals surface area contributed by atoms with Gasteiger partial charge < -0.3 is 10.2 Å². The van der Waals surface area contributed by atoms with Crippen LogP contribution in [0.4, 0.5) is 0 Å². The summed E-state index contributed by atoms with van der Waals surface area (Å²) in [5, 5.41) is 19.7. The van der Waals surface area contributed by atoms with Crippen molar-refractivity contribution < 1.29 is 10.2 Å². The number of nitrogens with zero attached hydrogens (tertiary/aromatic N) is 1. The van der Waals surface area contributed by atoms with Crippen LogP contribution in [-0.4, -0.2) is 41.4 Å². The lowest BCUT2D eigenvalue weighted by molar-refractivity contribution is 0.0999. The quantitative estimate of drug-likeness (QED) is 0.786. The molecule has 0 bridgehead atoms. The zero-order chi connectivity index (χ0) is 12.7. The minimum atomic E-state index is -0.609. The number of hydrogen-bond acceptors (Lipinski definition) is 3. The molecule has 0 aliphatic rings. The highest BCUT2D eigenvalue weighted by Crippen LogP contribution is 2.23. The monoisotopic (exact) mass is 257 g/mol. The van der Waals surface area contributed by atoms with Crippen molar-refractivity contribution in [2.24, 2.45) is 0 Å². The van der Waals surface area contributed by atoms with Gasteiger partial charge in [-0.15, -0.1) is 0 Å². The summed E-state index contributed by atoms with van der Waals surface area (Å²) in [6, 6.07) is 7.31. The van der Waals surface area contributed by atoms with Gasteiger partial charge in [0, 0.05) is 23.7 Å². The lowest BCUT2D eigenvalue weighted by Crippen LogP contribution is -2.32. The Kier molecular flexibility index (Phi) is 6.52. The average molecular weight is 258 g/mol. The van der Waals surface area contributed by atoms with Crippen LogP contribution in [0.25, 0.3) is 0 Å². The molecule has 1 rings (SSSR count). The van der Waals surface area contributed by atoms with E-state index in [-0.39, 0.29) is 6.61 Å². The van der Waals surface area contributed by atoms with Crippen LogP contribution in [0.2, 0.25) is 5.02 Å². The molecule has 0 amide bonds. The second-order valence-corrected chi connectivity index (χ2v) is 4.47. The molecule has 0 aliphatic heterocycles. The highest BCUT2D eigenvalue weighted by Gasteiger charge is 2.14. The van der Waals surface area contributed by atoms with Gasteiger partial charge >= 0.3 is 0 Å². The third-order valence-electron chi connectivity index (χ3n) is 2.65. The molecule has 1 atom stereocenters. The first-order valence-corrected chi connectivity index (χ1v) is 6.32. The molecule has 4 heteroatoms. The van der Waals surface area contributed by atoms with Gasteiger partial charge in [-0.2, -0.15) is 0 Å². The van der Waals surface area contributed by atoms with E-state index in [0.29, 0.717) is 18.1 Å². The molecule has 0 spiro atoms. The van der Waals surface area contributed by atoms with E-state index < -0.39 is 6.10 Å². The van der Waals surface area contributed by atoms with Crippen LogP contribution in [0.5, 0.6) is 0 Å². The molecule has 1 unspecified atom stereocenters. The molecular formula is C13H20ClNO2. The first kappa shape index (κ1) is 14.5. The Morgan fingerprint density at radius 2 is 2.00 bits per heavy atom. The van der Waals surface area contributed by atoms with E-state index in [1.807, 2.05) is 23.1 Å². The molecule has 3 nitrogen and oxygen atoms in total. The zero-order valence-electron chi connectivity index (χ0n) is 10.1. The minimum Gasteiger partial charge on any atom is -0.395 e. The largest absolute Gasteiger partial charge is 0.395 e. The molecule has 96 valence electrons. The lowest BCUT2D eigenvalue weighted by atomic mass is 10.1. The molecule has 1 aromatic rings. The summed E-state index contributed by atoms with van der Waals surface area (Å²) in [7, 11) is 0. The molecule has 0 saturated carbocycles. The average Bonchev–Trinajstić information content (AvgIpc) is 2.30. The zero-order valence-corrected chi connectivity index (χ0v) is 10.9. The maximum Gasteiger partial charge on any atom is 0.0931 e. The number of aliphatic hydroxyl groups is 2. The van der Waals surface area contributed by atoms with Crippen LogP contribution < -0.4 is 0 Å². The number of hydrogen-bond donors (Lipinski definition) is 2. The second-order valence-electron chi connectivity index (χ2n) is 4.06. The predicted octanol–water partition coefficient (Wildman–Crippen LogP) is 2.08. The number of aliphatic hydroxyl groups excluding tert-OH is 2. The van der Waals surface area contributed by atoms with Crippen molar-refractivity contribution in [2.45, 2.75) is 19.4 Å². The first-order valence-electron chi connectivity index (χ1n) is 5.94. The highest BCUT2D eigenvalue weighted by molar-refractivity contribution is 6.31. The van der Waals surface area contributed by atoms with Gasteiger partial charge in [0.05, 0.1) is 12.7 Å². The smallest absolute Gasteiger partial charge is 0.0931 e. The Balaban J connectivity index is 2.63. The summed E-state index contributed by atoms with van der Waals surface area (Å²) in [6.45, 7) is 4.12. The van der Waals surface area contributed by atoms with Gasteiger partial charge in [-0.3, -0.25) is 4.90 Å². The summed E-state index contributed by atoms with van der Waals surface area (Å²) in [4.78, 5) is 2.04. The first-order chi connectivity index (χ1) is 8.19. The van der Waals surface area contributed by atoms with Crippen molar-refractivity contribution in [1.82, 2.24) is 4.90 Å². The van der Waals surface area contributed by atoms with Crippen LogP contribution in [0, 0.1) is 0 Å². The van der Waals surface area contributed by atoms with E-state index >= 15 is 0 Å². The topological polar surface area (TPSA) is 43.7 Å². The Morgan fingerprint density at radius 1 is 1.29 bits per heavy atom. The van der Waals surface area contributed by atoms with Gasteiger partial charge in [-0.05, 0) is 19.0 Å². The summed E-state index contributed by atoms with van der Waals surface area (Å²) in [6.07, 6.45) is 0.386. The lowest BCUT2D eigenvalue weighted by Gasteiger charge is -2.24. The molecule has 0 heterocycles. The van der Waals surface area contributed by atoms with Crippen molar-refractivity contribution in [3.63, 3.8) is 0 Å². The maximum atomic E-state index is 10.1. The Morgan fingerprint density at radius 3 is 2.59 bits per heavy atom. The standard InChI is InChI=1S/C13H20ClNO2/c1-2-7-15(8-9-16)10-13(17)11-5-3-4-6-12(11)14/h3-6,13,16-17H,2,7-10H2,1H3. The van der Waals surface area contributed by atoms with Crippen molar-refractivity contribution >= 4 is 11.6 Å². The van der Waals surface area contributed by atoms with E-state index in [0.717, 1.165) is 18.5 Å².